The van der Waals surface area contributed by atoms with Gasteiger partial charge in [0.05, 0.1) is 5.56 Å². The van der Waals surface area contributed by atoms with Crippen molar-refractivity contribution in [2.75, 3.05) is 19.6 Å². The number of hydrogen-bond donors (Lipinski definition) is 1. The van der Waals surface area contributed by atoms with E-state index in [0.29, 0.717) is 30.8 Å². The molecule has 1 aromatic carbocycles. The number of carboxylic acid groups (broad SMARTS) is 1. The second-order valence-corrected chi connectivity index (χ2v) is 7.67. The summed E-state index contributed by atoms with van der Waals surface area (Å²) in [7, 11) is 0. The lowest BCUT2D eigenvalue weighted by atomic mass is 10.0. The highest BCUT2D eigenvalue weighted by atomic mass is 16.6. The molecule has 1 aromatic rings. The van der Waals surface area contributed by atoms with Crippen molar-refractivity contribution in [3.8, 4) is 0 Å². The number of rotatable bonds is 2. The minimum atomic E-state index is -1.06. The molecule has 1 aliphatic heterocycles. The third-order valence-electron chi connectivity index (χ3n) is 4.11. The maximum absolute atomic E-state index is 12.8. The van der Waals surface area contributed by atoms with E-state index in [1.807, 2.05) is 27.7 Å². The molecule has 1 fully saturated rings. The fourth-order valence-corrected chi connectivity index (χ4v) is 2.95. The Morgan fingerprint density at radius 1 is 1.12 bits per heavy atom. The largest absolute Gasteiger partial charge is 0.478 e. The number of carboxylic acids is 1. The average Bonchev–Trinajstić information content (AvgIpc) is 2.51. The highest BCUT2D eigenvalue weighted by Gasteiger charge is 2.33. The van der Waals surface area contributed by atoms with Gasteiger partial charge in [0.2, 0.25) is 0 Å². The fraction of sp³-hybridized carbons (Fsp3) is 0.526. The number of nitrogens with zero attached hydrogens (tertiary/aromatic N) is 2. The molecule has 2 rings (SSSR count). The van der Waals surface area contributed by atoms with Gasteiger partial charge in [-0.1, -0.05) is 0 Å². The van der Waals surface area contributed by atoms with Crippen LogP contribution in [0.1, 0.15) is 54.0 Å². The molecule has 1 N–H and O–H groups in total. The minimum Gasteiger partial charge on any atom is -0.478 e. The molecule has 1 aliphatic rings. The lowest BCUT2D eigenvalue weighted by Crippen LogP contribution is -2.56. The zero-order valence-electron chi connectivity index (χ0n) is 15.9. The molecule has 0 aliphatic carbocycles. The Kier molecular flexibility index (Phi) is 5.59. The second kappa shape index (κ2) is 7.35. The highest BCUT2D eigenvalue weighted by molar-refractivity contribution is 5.98. The smallest absolute Gasteiger partial charge is 0.410 e. The van der Waals surface area contributed by atoms with E-state index in [-0.39, 0.29) is 23.6 Å². The van der Waals surface area contributed by atoms with E-state index in [1.165, 1.54) is 12.1 Å². The summed E-state index contributed by atoms with van der Waals surface area (Å²) < 4.78 is 5.40. The van der Waals surface area contributed by atoms with Gasteiger partial charge < -0.3 is 19.6 Å². The van der Waals surface area contributed by atoms with Gasteiger partial charge >= 0.3 is 12.1 Å². The predicted octanol–water partition coefficient (Wildman–Crippen LogP) is 2.77. The van der Waals surface area contributed by atoms with E-state index in [2.05, 4.69) is 0 Å². The Hall–Kier alpha value is -2.57. The van der Waals surface area contributed by atoms with Gasteiger partial charge in [0.1, 0.15) is 5.60 Å². The Bertz CT molecular complexity index is 723. The molecule has 0 spiro atoms. The van der Waals surface area contributed by atoms with E-state index in [1.54, 1.807) is 22.8 Å². The van der Waals surface area contributed by atoms with Crippen molar-refractivity contribution in [3.05, 3.63) is 34.9 Å². The molecule has 7 heteroatoms. The molecule has 7 nitrogen and oxygen atoms in total. The van der Waals surface area contributed by atoms with Crippen LogP contribution in [0.4, 0.5) is 4.79 Å². The lowest BCUT2D eigenvalue weighted by Gasteiger charge is -2.40. The predicted molar refractivity (Wildman–Crippen MR) is 96.4 cm³/mol. The quantitative estimate of drug-likeness (QED) is 0.874. The molecule has 142 valence electrons. The number of carbonyl (C=O) groups excluding carboxylic acids is 2. The maximum Gasteiger partial charge on any atom is 0.410 e. The van der Waals surface area contributed by atoms with Crippen LogP contribution in [0.15, 0.2) is 18.2 Å². The van der Waals surface area contributed by atoms with Crippen LogP contribution >= 0.6 is 0 Å². The molecular formula is C19H26N2O5. The van der Waals surface area contributed by atoms with Crippen molar-refractivity contribution >= 4 is 18.0 Å². The van der Waals surface area contributed by atoms with E-state index in [9.17, 15) is 19.5 Å². The SMILES string of the molecule is Cc1cc(C(=O)O)cc(C(=O)N2CCN(C(=O)OC(C)(C)C)[C@H](C)C2)c1. The molecule has 0 aromatic heterocycles. The lowest BCUT2D eigenvalue weighted by molar-refractivity contribution is 0.00197. The first-order valence-corrected chi connectivity index (χ1v) is 8.62. The van der Waals surface area contributed by atoms with Crippen molar-refractivity contribution in [3.63, 3.8) is 0 Å². The topological polar surface area (TPSA) is 87.2 Å². The molecule has 1 atom stereocenters. The Labute approximate surface area is 153 Å². The second-order valence-electron chi connectivity index (χ2n) is 7.67. The van der Waals surface area contributed by atoms with E-state index in [4.69, 9.17) is 4.74 Å². The van der Waals surface area contributed by atoms with Gasteiger partial charge in [-0.2, -0.15) is 0 Å². The Balaban J connectivity index is 2.10. The van der Waals surface area contributed by atoms with Crippen LogP contribution in [0, 0.1) is 6.92 Å². The molecule has 26 heavy (non-hydrogen) atoms. The number of aromatic carboxylic acids is 1. The molecule has 2 amide bonds. The van der Waals surface area contributed by atoms with Crippen LogP contribution in [0.25, 0.3) is 0 Å². The minimum absolute atomic E-state index is 0.0915. The third kappa shape index (κ3) is 4.74. The zero-order valence-corrected chi connectivity index (χ0v) is 15.9. The molecule has 1 heterocycles. The van der Waals surface area contributed by atoms with Gasteiger partial charge in [-0.05, 0) is 58.4 Å². The molecule has 0 radical (unpaired) electrons. The molecule has 0 saturated carbocycles. The number of benzene rings is 1. The molecular weight excluding hydrogens is 336 g/mol. The fourth-order valence-electron chi connectivity index (χ4n) is 2.95. The van der Waals surface area contributed by atoms with Crippen LogP contribution < -0.4 is 0 Å². The molecule has 1 saturated heterocycles. The van der Waals surface area contributed by atoms with Crippen molar-refractivity contribution in [1.82, 2.24) is 9.80 Å². The van der Waals surface area contributed by atoms with Crippen LogP contribution in [0.3, 0.4) is 0 Å². The first kappa shape index (κ1) is 19.8. The number of piperazine rings is 1. The van der Waals surface area contributed by atoms with E-state index in [0.717, 1.165) is 0 Å². The number of amides is 2. The highest BCUT2D eigenvalue weighted by Crippen LogP contribution is 2.18. The zero-order chi connectivity index (χ0) is 19.6. The van der Waals surface area contributed by atoms with Crippen LogP contribution in [0.5, 0.6) is 0 Å². The average molecular weight is 362 g/mol. The van der Waals surface area contributed by atoms with Crippen molar-refractivity contribution in [1.29, 1.82) is 0 Å². The summed E-state index contributed by atoms with van der Waals surface area (Å²) in [5.74, 6) is -1.29. The molecule has 0 unspecified atom stereocenters. The first-order chi connectivity index (χ1) is 12.0. The van der Waals surface area contributed by atoms with Crippen molar-refractivity contribution in [2.24, 2.45) is 0 Å². The summed E-state index contributed by atoms with van der Waals surface area (Å²) in [5, 5.41) is 9.17. The summed E-state index contributed by atoms with van der Waals surface area (Å²) in [6, 6.07) is 4.41. The standard InChI is InChI=1S/C19H26N2O5/c1-12-8-14(10-15(9-12)17(23)24)16(22)20-6-7-21(13(2)11-20)18(25)26-19(3,4)5/h8-10,13H,6-7,11H2,1-5H3,(H,23,24)/t13-/m1/s1. The van der Waals surface area contributed by atoms with Crippen LogP contribution in [-0.2, 0) is 4.74 Å². The van der Waals surface area contributed by atoms with E-state index < -0.39 is 11.6 Å². The van der Waals surface area contributed by atoms with Crippen LogP contribution in [0.2, 0.25) is 0 Å². The van der Waals surface area contributed by atoms with E-state index >= 15 is 0 Å². The van der Waals surface area contributed by atoms with Gasteiger partial charge in [-0.15, -0.1) is 0 Å². The van der Waals surface area contributed by atoms with Gasteiger partial charge in [0, 0.05) is 31.2 Å². The van der Waals surface area contributed by atoms with Crippen LogP contribution in [-0.4, -0.2) is 64.2 Å². The third-order valence-corrected chi connectivity index (χ3v) is 4.11. The summed E-state index contributed by atoms with van der Waals surface area (Å²) >= 11 is 0. The summed E-state index contributed by atoms with van der Waals surface area (Å²) in [6.07, 6.45) is -0.388. The monoisotopic (exact) mass is 362 g/mol. The molecule has 0 bridgehead atoms. The summed E-state index contributed by atoms with van der Waals surface area (Å²) in [6.45, 7) is 10.2. The number of hydrogen-bond acceptors (Lipinski definition) is 4. The number of carbonyl (C=O) groups is 3. The maximum atomic E-state index is 12.8. The van der Waals surface area contributed by atoms with Gasteiger partial charge in [0.25, 0.3) is 5.91 Å². The van der Waals surface area contributed by atoms with Gasteiger partial charge in [-0.25, -0.2) is 9.59 Å². The number of aryl methyl sites for hydroxylation is 1. The van der Waals surface area contributed by atoms with Gasteiger partial charge in [-0.3, -0.25) is 4.79 Å². The first-order valence-electron chi connectivity index (χ1n) is 8.62. The van der Waals surface area contributed by atoms with Gasteiger partial charge in [0.15, 0.2) is 0 Å². The summed E-state index contributed by atoms with van der Waals surface area (Å²) in [4.78, 5) is 39.5. The Morgan fingerprint density at radius 2 is 1.73 bits per heavy atom. The van der Waals surface area contributed by atoms with Crippen molar-refractivity contribution < 1.29 is 24.2 Å². The van der Waals surface area contributed by atoms with Crippen molar-refractivity contribution in [2.45, 2.75) is 46.3 Å². The number of ether oxygens (including phenoxy) is 1. The normalized spacial score (nSPS) is 17.8. The summed E-state index contributed by atoms with van der Waals surface area (Å²) in [5.41, 5.74) is 0.584. The Morgan fingerprint density at radius 3 is 2.27 bits per heavy atom.